The zero-order valence-corrected chi connectivity index (χ0v) is 16.8. The fourth-order valence-corrected chi connectivity index (χ4v) is 3.51. The quantitative estimate of drug-likeness (QED) is 0.345. The minimum atomic E-state index is -0.593. The van der Waals surface area contributed by atoms with E-state index in [9.17, 15) is 14.4 Å². The van der Waals surface area contributed by atoms with Crippen molar-refractivity contribution in [1.82, 2.24) is 14.7 Å². The zero-order chi connectivity index (χ0) is 22.1. The van der Waals surface area contributed by atoms with Gasteiger partial charge in [0.15, 0.2) is 0 Å². The number of fused-ring (bicyclic) bond motifs is 1. The standard InChI is InChI=1S/C24H17N3O5/c28-22-20-9-8-17(11-21(20)23(29)26(22)14-19-7-4-10-31-19)24(30)32-15-16-12-25-27(13-16)18-5-2-1-3-6-18/h1-13H,14-15H2. The van der Waals surface area contributed by atoms with Crippen molar-refractivity contribution in [3.63, 3.8) is 0 Å². The van der Waals surface area contributed by atoms with E-state index < -0.39 is 17.8 Å². The Hall–Kier alpha value is -4.46. The van der Waals surface area contributed by atoms with E-state index in [1.807, 2.05) is 30.3 Å². The highest BCUT2D eigenvalue weighted by Crippen LogP contribution is 2.26. The summed E-state index contributed by atoms with van der Waals surface area (Å²) in [5.74, 6) is -0.991. The van der Waals surface area contributed by atoms with Gasteiger partial charge < -0.3 is 9.15 Å². The highest BCUT2D eigenvalue weighted by Gasteiger charge is 2.36. The number of imide groups is 1. The van der Waals surface area contributed by atoms with E-state index in [4.69, 9.17) is 9.15 Å². The lowest BCUT2D eigenvalue weighted by molar-refractivity contribution is 0.0472. The number of rotatable bonds is 6. The van der Waals surface area contributed by atoms with E-state index in [2.05, 4.69) is 5.10 Å². The van der Waals surface area contributed by atoms with Gasteiger partial charge in [0, 0.05) is 11.8 Å². The van der Waals surface area contributed by atoms with Gasteiger partial charge in [0.05, 0.1) is 41.4 Å². The fraction of sp³-hybridized carbons (Fsp3) is 0.0833. The molecule has 0 atom stereocenters. The number of hydrogen-bond donors (Lipinski definition) is 0. The Bertz CT molecular complexity index is 1310. The molecule has 0 bridgehead atoms. The van der Waals surface area contributed by atoms with E-state index in [-0.39, 0.29) is 29.8 Å². The fourth-order valence-electron chi connectivity index (χ4n) is 3.51. The van der Waals surface area contributed by atoms with Crippen LogP contribution in [0.15, 0.2) is 83.7 Å². The van der Waals surface area contributed by atoms with Crippen LogP contribution in [0.2, 0.25) is 0 Å². The van der Waals surface area contributed by atoms with Crippen molar-refractivity contribution in [2.24, 2.45) is 0 Å². The van der Waals surface area contributed by atoms with Crippen LogP contribution in [0.25, 0.3) is 5.69 Å². The van der Waals surface area contributed by atoms with E-state index in [1.165, 1.54) is 24.5 Å². The normalized spacial score (nSPS) is 12.8. The lowest BCUT2D eigenvalue weighted by Crippen LogP contribution is -2.28. The minimum Gasteiger partial charge on any atom is -0.467 e. The Morgan fingerprint density at radius 1 is 0.969 bits per heavy atom. The number of aromatic nitrogens is 2. The summed E-state index contributed by atoms with van der Waals surface area (Å²) in [5.41, 5.74) is 2.24. The Balaban J connectivity index is 1.27. The number of amides is 2. The molecule has 32 heavy (non-hydrogen) atoms. The van der Waals surface area contributed by atoms with Gasteiger partial charge in [-0.1, -0.05) is 18.2 Å². The van der Waals surface area contributed by atoms with Gasteiger partial charge in [-0.15, -0.1) is 0 Å². The third kappa shape index (κ3) is 3.58. The van der Waals surface area contributed by atoms with Crippen LogP contribution in [0.1, 0.15) is 42.4 Å². The number of para-hydroxylation sites is 1. The van der Waals surface area contributed by atoms with Crippen LogP contribution < -0.4 is 0 Å². The van der Waals surface area contributed by atoms with Crippen molar-refractivity contribution in [2.45, 2.75) is 13.2 Å². The van der Waals surface area contributed by atoms with Crippen LogP contribution in [-0.2, 0) is 17.9 Å². The summed E-state index contributed by atoms with van der Waals surface area (Å²) < 4.78 is 12.3. The average molecular weight is 427 g/mol. The Morgan fingerprint density at radius 3 is 2.56 bits per heavy atom. The summed E-state index contributed by atoms with van der Waals surface area (Å²) in [4.78, 5) is 38.9. The Kier molecular flexibility index (Phi) is 4.87. The predicted molar refractivity (Wildman–Crippen MR) is 112 cm³/mol. The number of ether oxygens (including phenoxy) is 1. The molecule has 2 amide bonds. The number of carbonyl (C=O) groups excluding carboxylic acids is 3. The average Bonchev–Trinajstić information content (AvgIpc) is 3.56. The van der Waals surface area contributed by atoms with Gasteiger partial charge in [-0.2, -0.15) is 5.10 Å². The number of carbonyl (C=O) groups is 3. The minimum absolute atomic E-state index is 0.0280. The molecule has 5 rings (SSSR count). The van der Waals surface area contributed by atoms with Crippen LogP contribution in [0, 0.1) is 0 Å². The molecule has 8 heteroatoms. The molecule has 0 radical (unpaired) electrons. The molecule has 0 aliphatic carbocycles. The van der Waals surface area contributed by atoms with Crippen LogP contribution in [0.5, 0.6) is 0 Å². The first-order chi connectivity index (χ1) is 15.6. The molecule has 2 aromatic heterocycles. The van der Waals surface area contributed by atoms with E-state index in [0.29, 0.717) is 5.76 Å². The maximum Gasteiger partial charge on any atom is 0.338 e. The van der Waals surface area contributed by atoms with Crippen molar-refractivity contribution in [2.75, 3.05) is 0 Å². The van der Waals surface area contributed by atoms with E-state index in [1.54, 1.807) is 29.2 Å². The molecule has 0 saturated heterocycles. The number of benzene rings is 2. The first-order valence-corrected chi connectivity index (χ1v) is 9.89. The second-order valence-electron chi connectivity index (χ2n) is 7.24. The molecule has 2 aromatic carbocycles. The zero-order valence-electron chi connectivity index (χ0n) is 16.8. The van der Waals surface area contributed by atoms with Gasteiger partial charge in [0.25, 0.3) is 11.8 Å². The highest BCUT2D eigenvalue weighted by molar-refractivity contribution is 6.21. The molecule has 3 heterocycles. The number of esters is 1. The lowest BCUT2D eigenvalue weighted by atomic mass is 10.1. The molecule has 4 aromatic rings. The van der Waals surface area contributed by atoms with Crippen molar-refractivity contribution in [1.29, 1.82) is 0 Å². The molecule has 0 N–H and O–H groups in total. The SMILES string of the molecule is O=C(OCc1cnn(-c2ccccc2)c1)c1ccc2c(c1)C(=O)N(Cc1ccco1)C2=O. The van der Waals surface area contributed by atoms with Gasteiger partial charge in [-0.25, -0.2) is 9.48 Å². The van der Waals surface area contributed by atoms with Gasteiger partial charge in [-0.3, -0.25) is 14.5 Å². The van der Waals surface area contributed by atoms with Gasteiger partial charge in [0.2, 0.25) is 0 Å². The molecule has 0 unspecified atom stereocenters. The van der Waals surface area contributed by atoms with E-state index in [0.717, 1.165) is 16.2 Å². The van der Waals surface area contributed by atoms with Crippen LogP contribution in [0.4, 0.5) is 0 Å². The molecule has 1 aliphatic rings. The number of hydrogen-bond acceptors (Lipinski definition) is 6. The molecule has 0 fully saturated rings. The molecule has 0 spiro atoms. The summed E-state index contributed by atoms with van der Waals surface area (Å²) in [7, 11) is 0. The van der Waals surface area contributed by atoms with Crippen molar-refractivity contribution in [3.05, 3.63) is 107 Å². The lowest BCUT2D eigenvalue weighted by Gasteiger charge is -2.11. The molecular formula is C24H17N3O5. The van der Waals surface area contributed by atoms with Crippen molar-refractivity contribution < 1.29 is 23.5 Å². The molecule has 8 nitrogen and oxygen atoms in total. The molecule has 0 saturated carbocycles. The van der Waals surface area contributed by atoms with Gasteiger partial charge in [0.1, 0.15) is 12.4 Å². The summed E-state index contributed by atoms with van der Waals surface area (Å²) in [6.45, 7) is 0.0603. The number of furan rings is 1. The highest BCUT2D eigenvalue weighted by atomic mass is 16.5. The van der Waals surface area contributed by atoms with Crippen molar-refractivity contribution >= 4 is 17.8 Å². The summed E-state index contributed by atoms with van der Waals surface area (Å²) >= 11 is 0. The third-order valence-corrected chi connectivity index (χ3v) is 5.13. The maximum absolute atomic E-state index is 12.7. The molecule has 1 aliphatic heterocycles. The molecular weight excluding hydrogens is 410 g/mol. The smallest absolute Gasteiger partial charge is 0.338 e. The number of nitrogens with zero attached hydrogens (tertiary/aromatic N) is 3. The van der Waals surface area contributed by atoms with Crippen LogP contribution in [0.3, 0.4) is 0 Å². The Labute approximate surface area is 182 Å². The topological polar surface area (TPSA) is 94.6 Å². The van der Waals surface area contributed by atoms with Gasteiger partial charge in [-0.05, 0) is 42.5 Å². The van der Waals surface area contributed by atoms with Crippen molar-refractivity contribution in [3.8, 4) is 5.69 Å². The summed E-state index contributed by atoms with van der Waals surface area (Å²) in [5, 5.41) is 4.27. The largest absolute Gasteiger partial charge is 0.467 e. The first-order valence-electron chi connectivity index (χ1n) is 9.89. The first kappa shape index (κ1) is 19.5. The predicted octanol–water partition coefficient (Wildman–Crippen LogP) is 3.62. The second-order valence-corrected chi connectivity index (χ2v) is 7.24. The monoisotopic (exact) mass is 427 g/mol. The maximum atomic E-state index is 12.7. The Morgan fingerprint density at radius 2 is 1.78 bits per heavy atom. The van der Waals surface area contributed by atoms with E-state index >= 15 is 0 Å². The van der Waals surface area contributed by atoms with Crippen LogP contribution in [-0.4, -0.2) is 32.5 Å². The second kappa shape index (κ2) is 7.99. The molecule has 158 valence electrons. The van der Waals surface area contributed by atoms with Crippen LogP contribution >= 0.6 is 0 Å². The summed E-state index contributed by atoms with van der Waals surface area (Å²) in [6, 6.07) is 17.3. The third-order valence-electron chi connectivity index (χ3n) is 5.13. The van der Waals surface area contributed by atoms with Gasteiger partial charge >= 0.3 is 5.97 Å². The summed E-state index contributed by atoms with van der Waals surface area (Å²) in [6.07, 6.45) is 4.88.